The number of methoxy groups -OCH3 is 2. The average Bonchev–Trinajstić information content (AvgIpc) is 2.95. The largest absolute Gasteiger partial charge is 0.374 e. The van der Waals surface area contributed by atoms with Gasteiger partial charge in [-0.3, -0.25) is 0 Å². The number of ether oxygens (including phenoxy) is 2. The van der Waals surface area contributed by atoms with Crippen molar-refractivity contribution in [3.8, 4) is 0 Å². The maximum Gasteiger partial charge on any atom is 0.0836 e. The number of hydrogen-bond acceptors (Lipinski definition) is 2. The van der Waals surface area contributed by atoms with Crippen molar-refractivity contribution in [3.05, 3.63) is 143 Å². The first-order chi connectivity index (χ1) is 20.7. The lowest BCUT2D eigenvalue weighted by molar-refractivity contribution is 0.0420. The van der Waals surface area contributed by atoms with Gasteiger partial charge in [0.2, 0.25) is 0 Å². The molecule has 0 heterocycles. The Bertz CT molecular complexity index is 1110. The van der Waals surface area contributed by atoms with Crippen LogP contribution in [0, 0.1) is 0 Å². The van der Waals surface area contributed by atoms with Gasteiger partial charge in [0.15, 0.2) is 0 Å². The Balaban J connectivity index is 4.91. The highest BCUT2D eigenvalue weighted by Crippen LogP contribution is 2.21. The molecule has 44 heavy (non-hydrogen) atoms. The molecule has 0 aromatic rings. The van der Waals surface area contributed by atoms with Crippen LogP contribution in [0.4, 0.5) is 0 Å². The van der Waals surface area contributed by atoms with E-state index in [-0.39, 0.29) is 11.2 Å². The van der Waals surface area contributed by atoms with Gasteiger partial charge in [0.05, 0.1) is 11.2 Å². The fourth-order valence-electron chi connectivity index (χ4n) is 3.95. The van der Waals surface area contributed by atoms with Crippen LogP contribution in [0.3, 0.4) is 0 Å². The van der Waals surface area contributed by atoms with Gasteiger partial charge in [0, 0.05) is 14.2 Å². The summed E-state index contributed by atoms with van der Waals surface area (Å²) in [4.78, 5) is 0. The highest BCUT2D eigenvalue weighted by Gasteiger charge is 2.18. The van der Waals surface area contributed by atoms with E-state index in [1.165, 1.54) is 33.4 Å². The maximum absolute atomic E-state index is 5.74. The van der Waals surface area contributed by atoms with Gasteiger partial charge < -0.3 is 9.47 Å². The molecule has 2 heteroatoms. The summed E-state index contributed by atoms with van der Waals surface area (Å²) in [6, 6.07) is 0. The Morgan fingerprint density at radius 3 is 1.05 bits per heavy atom. The average molecular weight is 599 g/mol. The summed E-state index contributed by atoms with van der Waals surface area (Å²) >= 11 is 0. The molecule has 242 valence electrons. The van der Waals surface area contributed by atoms with E-state index in [9.17, 15) is 0 Å². The van der Waals surface area contributed by atoms with Crippen molar-refractivity contribution >= 4 is 0 Å². The zero-order valence-corrected chi connectivity index (χ0v) is 30.0. The van der Waals surface area contributed by atoms with Crippen molar-refractivity contribution in [1.82, 2.24) is 0 Å². The Kier molecular flexibility index (Phi) is 21.5. The van der Waals surface area contributed by atoms with E-state index in [0.717, 1.165) is 25.7 Å². The topological polar surface area (TPSA) is 18.5 Å². The number of hydrogen-bond donors (Lipinski definition) is 0. The van der Waals surface area contributed by atoms with Crippen LogP contribution in [0.25, 0.3) is 0 Å². The van der Waals surface area contributed by atoms with Crippen molar-refractivity contribution < 1.29 is 9.47 Å². The number of allylic oxidation sites excluding steroid dienone is 22. The second-order valence-corrected chi connectivity index (χ2v) is 12.5. The minimum Gasteiger partial charge on any atom is -0.374 e. The molecular weight excluding hydrogens is 536 g/mol. The van der Waals surface area contributed by atoms with E-state index in [1.807, 2.05) is 0 Å². The van der Waals surface area contributed by atoms with Crippen LogP contribution in [0.2, 0.25) is 0 Å². The lowest BCUT2D eigenvalue weighted by Gasteiger charge is -2.23. The lowest BCUT2D eigenvalue weighted by atomic mass is 9.98. The lowest BCUT2D eigenvalue weighted by Crippen LogP contribution is -2.23. The summed E-state index contributed by atoms with van der Waals surface area (Å²) in [6.07, 6.45) is 42.3. The van der Waals surface area contributed by atoms with Crippen LogP contribution in [0.1, 0.15) is 94.9 Å². The monoisotopic (exact) mass is 598 g/mol. The molecule has 0 rings (SSSR count). The predicted molar refractivity (Wildman–Crippen MR) is 198 cm³/mol. The van der Waals surface area contributed by atoms with E-state index >= 15 is 0 Å². The minimum absolute atomic E-state index is 0.253. The van der Waals surface area contributed by atoms with Gasteiger partial charge in [-0.2, -0.15) is 0 Å². The molecule has 0 bridgehead atoms. The first kappa shape index (κ1) is 40.8. The van der Waals surface area contributed by atoms with Crippen molar-refractivity contribution in [1.29, 1.82) is 0 Å². The molecule has 0 spiro atoms. The van der Waals surface area contributed by atoms with E-state index in [1.54, 1.807) is 14.2 Å². The van der Waals surface area contributed by atoms with Gasteiger partial charge in [-0.25, -0.2) is 0 Å². The summed E-state index contributed by atoms with van der Waals surface area (Å²) in [6.45, 7) is 21.2. The molecule has 0 aromatic carbocycles. The van der Waals surface area contributed by atoms with Crippen molar-refractivity contribution in [2.75, 3.05) is 14.2 Å². The van der Waals surface area contributed by atoms with E-state index < -0.39 is 0 Å². The van der Waals surface area contributed by atoms with Gasteiger partial charge in [-0.05, 0) is 94.9 Å². The molecule has 0 fully saturated rings. The molecule has 0 aliphatic rings. The second-order valence-electron chi connectivity index (χ2n) is 12.5. The molecule has 0 amide bonds. The Hall–Kier alpha value is -3.20. The quantitative estimate of drug-likeness (QED) is 0.109. The van der Waals surface area contributed by atoms with Gasteiger partial charge in [-0.1, -0.05) is 143 Å². The molecule has 0 N–H and O–H groups in total. The fourth-order valence-corrected chi connectivity index (χ4v) is 3.95. The van der Waals surface area contributed by atoms with Crippen LogP contribution in [0.5, 0.6) is 0 Å². The third-order valence-corrected chi connectivity index (χ3v) is 7.20. The summed E-state index contributed by atoms with van der Waals surface area (Å²) in [5.41, 5.74) is 6.95. The molecule has 0 saturated carbocycles. The molecule has 0 radical (unpaired) electrons. The standard InChI is InChI=1S/C42H62O2/c1-35(2)21-17-31-41(9,43-11)33-19-29-39(7)27-15-25-37(5)23-13-14-24-38(6)26-16-28-40(8)30-20-34-42(10,44-12)32-18-22-36(3)4/h13-16,19-30,33-34H,17-18,31-32H2,1-12H3/b23-13+,24-14+,27-15+,28-16+,33-19+,34-20+,37-25+,38-26+,39-29+,40-30+. The molecule has 0 aromatic heterocycles. The van der Waals surface area contributed by atoms with Crippen LogP contribution < -0.4 is 0 Å². The molecule has 2 unspecified atom stereocenters. The molecule has 2 atom stereocenters. The minimum atomic E-state index is -0.253. The first-order valence-corrected chi connectivity index (χ1v) is 15.9. The first-order valence-electron chi connectivity index (χ1n) is 15.9. The van der Waals surface area contributed by atoms with Crippen LogP contribution in [-0.2, 0) is 9.47 Å². The predicted octanol–water partition coefficient (Wildman–Crippen LogP) is 12.4. The Morgan fingerprint density at radius 1 is 0.455 bits per heavy atom. The van der Waals surface area contributed by atoms with Gasteiger partial charge in [0.1, 0.15) is 0 Å². The van der Waals surface area contributed by atoms with E-state index in [2.05, 4.69) is 179 Å². The van der Waals surface area contributed by atoms with Crippen LogP contribution in [-0.4, -0.2) is 25.4 Å². The summed E-state index contributed by atoms with van der Waals surface area (Å²) in [7, 11) is 3.56. The van der Waals surface area contributed by atoms with Crippen molar-refractivity contribution in [2.45, 2.75) is 106 Å². The Morgan fingerprint density at radius 2 is 0.750 bits per heavy atom. The molecular formula is C42H62O2. The second kappa shape index (κ2) is 23.2. The highest BCUT2D eigenvalue weighted by atomic mass is 16.5. The van der Waals surface area contributed by atoms with Crippen molar-refractivity contribution in [3.63, 3.8) is 0 Å². The smallest absolute Gasteiger partial charge is 0.0836 e. The molecule has 2 nitrogen and oxygen atoms in total. The fraction of sp³-hybridized carbons (Fsp3) is 0.429. The maximum atomic E-state index is 5.74. The summed E-state index contributed by atoms with van der Waals surface area (Å²) in [5.74, 6) is 0. The highest BCUT2D eigenvalue weighted by molar-refractivity contribution is 5.32. The molecule has 0 saturated heterocycles. The van der Waals surface area contributed by atoms with E-state index in [4.69, 9.17) is 9.47 Å². The van der Waals surface area contributed by atoms with Crippen LogP contribution in [0.15, 0.2) is 143 Å². The van der Waals surface area contributed by atoms with Gasteiger partial charge in [-0.15, -0.1) is 0 Å². The SMILES string of the molecule is COC(C)(/C=C/C=C(C)/C=C/C=C(C)/C=C/C=C/C(C)=C/C=C/C(C)=C/C=C/C(C)(CCC=C(C)C)OC)CCC=C(C)C. The molecule has 0 aliphatic heterocycles. The summed E-state index contributed by atoms with van der Waals surface area (Å²) < 4.78 is 11.5. The molecule has 0 aliphatic carbocycles. The number of rotatable bonds is 19. The normalized spacial score (nSPS) is 17.1. The summed E-state index contributed by atoms with van der Waals surface area (Å²) in [5, 5.41) is 0. The van der Waals surface area contributed by atoms with Crippen LogP contribution >= 0.6 is 0 Å². The van der Waals surface area contributed by atoms with E-state index in [0.29, 0.717) is 0 Å². The van der Waals surface area contributed by atoms with Gasteiger partial charge >= 0.3 is 0 Å². The van der Waals surface area contributed by atoms with Gasteiger partial charge in [0.25, 0.3) is 0 Å². The van der Waals surface area contributed by atoms with Crippen molar-refractivity contribution in [2.24, 2.45) is 0 Å². The third kappa shape index (κ3) is 22.4. The Labute approximate surface area is 272 Å². The zero-order valence-electron chi connectivity index (χ0n) is 30.0. The third-order valence-electron chi connectivity index (χ3n) is 7.20. The zero-order chi connectivity index (χ0) is 33.4.